The van der Waals surface area contributed by atoms with Crippen molar-refractivity contribution in [2.75, 3.05) is 12.4 Å². The van der Waals surface area contributed by atoms with Crippen LogP contribution in [0.15, 0.2) is 42.6 Å². The molecule has 3 N–H and O–H groups in total. The van der Waals surface area contributed by atoms with E-state index in [9.17, 15) is 4.79 Å². The Hall–Kier alpha value is -2.60. The molecular weight excluding hydrogens is 294 g/mol. The molecule has 0 aliphatic carbocycles. The van der Waals surface area contributed by atoms with Gasteiger partial charge in [-0.1, -0.05) is 13.3 Å². The number of carbonyl (C=O) groups excluding carboxylic acids is 1. The number of methoxy groups -OCH3 is 1. The number of amides is 1. The van der Waals surface area contributed by atoms with Crippen molar-refractivity contribution >= 4 is 11.6 Å². The molecule has 1 aromatic heterocycles. The van der Waals surface area contributed by atoms with Gasteiger partial charge < -0.3 is 20.5 Å². The maximum atomic E-state index is 11.8. The summed E-state index contributed by atoms with van der Waals surface area (Å²) in [5, 5.41) is 2.73. The number of ether oxygens (including phenoxy) is 2. The van der Waals surface area contributed by atoms with E-state index in [0.717, 1.165) is 12.2 Å². The molecule has 0 fully saturated rings. The van der Waals surface area contributed by atoms with Gasteiger partial charge in [0.1, 0.15) is 11.5 Å². The molecule has 1 atom stereocenters. The number of hydrogen-bond acceptors (Lipinski definition) is 5. The summed E-state index contributed by atoms with van der Waals surface area (Å²) in [6.07, 6.45) is 3.05. The molecule has 0 saturated heterocycles. The molecule has 6 heteroatoms. The third-order valence-corrected chi connectivity index (χ3v) is 3.22. The van der Waals surface area contributed by atoms with Crippen LogP contribution < -0.4 is 20.5 Å². The molecule has 122 valence electrons. The lowest BCUT2D eigenvalue weighted by atomic mass is 10.1. The molecule has 0 spiro atoms. The van der Waals surface area contributed by atoms with Gasteiger partial charge in [-0.05, 0) is 36.8 Å². The number of hydrogen-bond donors (Lipinski definition) is 2. The van der Waals surface area contributed by atoms with Gasteiger partial charge in [-0.3, -0.25) is 4.79 Å². The van der Waals surface area contributed by atoms with Crippen LogP contribution in [0.25, 0.3) is 0 Å². The summed E-state index contributed by atoms with van der Waals surface area (Å²) in [5.74, 6) is 1.63. The number of aromatic nitrogens is 1. The molecule has 23 heavy (non-hydrogen) atoms. The normalized spacial score (nSPS) is 11.6. The van der Waals surface area contributed by atoms with Gasteiger partial charge in [0.05, 0.1) is 25.0 Å². The summed E-state index contributed by atoms with van der Waals surface area (Å²) in [6.45, 7) is 1.99. The lowest BCUT2D eigenvalue weighted by molar-refractivity contribution is -0.117. The largest absolute Gasteiger partial charge is 0.497 e. The van der Waals surface area contributed by atoms with Crippen LogP contribution in [0, 0.1) is 0 Å². The zero-order chi connectivity index (χ0) is 16.7. The molecule has 0 radical (unpaired) electrons. The molecule has 0 saturated carbocycles. The first-order valence-corrected chi connectivity index (χ1v) is 7.46. The van der Waals surface area contributed by atoms with Crippen molar-refractivity contribution in [3.8, 4) is 17.4 Å². The van der Waals surface area contributed by atoms with Gasteiger partial charge in [-0.15, -0.1) is 0 Å². The van der Waals surface area contributed by atoms with E-state index in [2.05, 4.69) is 10.3 Å². The van der Waals surface area contributed by atoms with Crippen LogP contribution in [0.4, 0.5) is 5.69 Å². The van der Waals surface area contributed by atoms with Crippen LogP contribution in [-0.2, 0) is 4.79 Å². The van der Waals surface area contributed by atoms with E-state index in [4.69, 9.17) is 15.2 Å². The van der Waals surface area contributed by atoms with E-state index >= 15 is 0 Å². The average Bonchev–Trinajstić information content (AvgIpc) is 2.57. The quantitative estimate of drug-likeness (QED) is 0.820. The number of nitrogens with two attached hydrogens (primary N) is 1. The fourth-order valence-electron chi connectivity index (χ4n) is 1.96. The van der Waals surface area contributed by atoms with E-state index < -0.39 is 6.04 Å². The minimum Gasteiger partial charge on any atom is -0.497 e. The first kappa shape index (κ1) is 16.8. The molecule has 1 aromatic carbocycles. The first-order chi connectivity index (χ1) is 11.1. The highest BCUT2D eigenvalue weighted by Gasteiger charge is 2.12. The number of nitrogens with one attached hydrogen (secondary N) is 1. The first-order valence-electron chi connectivity index (χ1n) is 7.46. The Morgan fingerprint density at radius 2 is 1.91 bits per heavy atom. The minimum atomic E-state index is -0.504. The summed E-state index contributed by atoms with van der Waals surface area (Å²) >= 11 is 0. The molecule has 1 amide bonds. The summed E-state index contributed by atoms with van der Waals surface area (Å²) in [5.41, 5.74) is 6.35. The van der Waals surface area contributed by atoms with Crippen molar-refractivity contribution in [1.29, 1.82) is 0 Å². The van der Waals surface area contributed by atoms with Crippen molar-refractivity contribution < 1.29 is 14.3 Å². The van der Waals surface area contributed by atoms with Crippen molar-refractivity contribution in [2.24, 2.45) is 5.73 Å². The average molecular weight is 315 g/mol. The Kier molecular flexibility index (Phi) is 5.94. The summed E-state index contributed by atoms with van der Waals surface area (Å²) in [6, 6.07) is 10.1. The molecule has 1 heterocycles. The third-order valence-electron chi connectivity index (χ3n) is 3.22. The SMILES string of the molecule is CCCC(N)C(=O)Nc1ccc(Oc2ccc(OC)cc2)nc1. The second-order valence-corrected chi connectivity index (χ2v) is 5.05. The topological polar surface area (TPSA) is 86.5 Å². The molecule has 1 unspecified atom stereocenters. The van der Waals surface area contributed by atoms with E-state index in [1.165, 1.54) is 6.20 Å². The number of carbonyl (C=O) groups is 1. The van der Waals surface area contributed by atoms with Gasteiger partial charge in [0, 0.05) is 6.07 Å². The Labute approximate surface area is 135 Å². The van der Waals surface area contributed by atoms with Crippen LogP contribution in [0.5, 0.6) is 17.4 Å². The standard InChI is InChI=1S/C17H21N3O3/c1-3-4-15(18)17(21)20-12-5-10-16(19-11-12)23-14-8-6-13(22-2)7-9-14/h5-11,15H,3-4,18H2,1-2H3,(H,20,21). The lowest BCUT2D eigenvalue weighted by Crippen LogP contribution is -2.35. The number of benzene rings is 1. The van der Waals surface area contributed by atoms with E-state index in [1.807, 2.05) is 6.92 Å². The molecular formula is C17H21N3O3. The number of pyridine rings is 1. The summed E-state index contributed by atoms with van der Waals surface area (Å²) < 4.78 is 10.7. The second kappa shape index (κ2) is 8.14. The number of rotatable bonds is 7. The summed E-state index contributed by atoms with van der Waals surface area (Å²) in [4.78, 5) is 16.0. The van der Waals surface area contributed by atoms with Crippen molar-refractivity contribution in [3.63, 3.8) is 0 Å². The highest BCUT2D eigenvalue weighted by molar-refractivity contribution is 5.94. The van der Waals surface area contributed by atoms with Crippen molar-refractivity contribution in [2.45, 2.75) is 25.8 Å². The molecule has 6 nitrogen and oxygen atoms in total. The fourth-order valence-corrected chi connectivity index (χ4v) is 1.96. The molecule has 0 aliphatic rings. The molecule has 0 bridgehead atoms. The third kappa shape index (κ3) is 4.96. The number of nitrogens with zero attached hydrogens (tertiary/aromatic N) is 1. The van der Waals surface area contributed by atoms with Crippen LogP contribution in [0.2, 0.25) is 0 Å². The van der Waals surface area contributed by atoms with Crippen LogP contribution in [0.1, 0.15) is 19.8 Å². The second-order valence-electron chi connectivity index (χ2n) is 5.05. The highest BCUT2D eigenvalue weighted by Crippen LogP contribution is 2.23. The van der Waals surface area contributed by atoms with Gasteiger partial charge in [-0.2, -0.15) is 0 Å². The maximum absolute atomic E-state index is 11.8. The van der Waals surface area contributed by atoms with Crippen molar-refractivity contribution in [1.82, 2.24) is 4.98 Å². The number of anilines is 1. The smallest absolute Gasteiger partial charge is 0.241 e. The van der Waals surface area contributed by atoms with Crippen LogP contribution >= 0.6 is 0 Å². The Morgan fingerprint density at radius 1 is 1.22 bits per heavy atom. The highest BCUT2D eigenvalue weighted by atomic mass is 16.5. The molecule has 2 rings (SSSR count). The van der Waals surface area contributed by atoms with Crippen LogP contribution in [0.3, 0.4) is 0 Å². The zero-order valence-electron chi connectivity index (χ0n) is 13.3. The lowest BCUT2D eigenvalue weighted by Gasteiger charge is -2.11. The van der Waals surface area contributed by atoms with Gasteiger partial charge >= 0.3 is 0 Å². The molecule has 0 aliphatic heterocycles. The van der Waals surface area contributed by atoms with Crippen molar-refractivity contribution in [3.05, 3.63) is 42.6 Å². The minimum absolute atomic E-state index is 0.211. The predicted octanol–water partition coefficient (Wildman–Crippen LogP) is 2.95. The van der Waals surface area contributed by atoms with Gasteiger partial charge in [0.2, 0.25) is 11.8 Å². The maximum Gasteiger partial charge on any atom is 0.241 e. The van der Waals surface area contributed by atoms with E-state index in [0.29, 0.717) is 23.7 Å². The van der Waals surface area contributed by atoms with E-state index in [1.54, 1.807) is 43.5 Å². The molecule has 2 aromatic rings. The summed E-state index contributed by atoms with van der Waals surface area (Å²) in [7, 11) is 1.61. The van der Waals surface area contributed by atoms with Gasteiger partial charge in [-0.25, -0.2) is 4.98 Å². The predicted molar refractivity (Wildman–Crippen MR) is 88.8 cm³/mol. The Bertz CT molecular complexity index is 627. The van der Waals surface area contributed by atoms with E-state index in [-0.39, 0.29) is 5.91 Å². The Balaban J connectivity index is 1.94. The Morgan fingerprint density at radius 3 is 2.48 bits per heavy atom. The van der Waals surface area contributed by atoms with Gasteiger partial charge in [0.15, 0.2) is 0 Å². The fraction of sp³-hybridized carbons (Fsp3) is 0.294. The zero-order valence-corrected chi connectivity index (χ0v) is 13.3. The van der Waals surface area contributed by atoms with Crippen LogP contribution in [-0.4, -0.2) is 24.0 Å². The van der Waals surface area contributed by atoms with Gasteiger partial charge in [0.25, 0.3) is 0 Å². The monoisotopic (exact) mass is 315 g/mol.